The van der Waals surface area contributed by atoms with Crippen molar-refractivity contribution in [2.45, 2.75) is 11.8 Å². The zero-order valence-corrected chi connectivity index (χ0v) is 21.8. The number of hydrogen-bond donors (Lipinski definition) is 0. The lowest BCUT2D eigenvalue weighted by molar-refractivity contribution is 0.461. The third-order valence-electron chi connectivity index (χ3n) is 4.95. The van der Waals surface area contributed by atoms with Gasteiger partial charge in [0, 0.05) is 15.7 Å². The fourth-order valence-electron chi connectivity index (χ4n) is 3.20. The molecule has 0 aliphatic rings. The van der Waals surface area contributed by atoms with E-state index in [1.54, 1.807) is 25.1 Å². The van der Waals surface area contributed by atoms with Crippen LogP contribution < -0.4 is 10.3 Å². The van der Waals surface area contributed by atoms with Crippen LogP contribution in [0, 0.1) is 18.3 Å². The molecule has 0 N–H and O–H groups in total. The number of nitrogens with zero attached hydrogens (tertiary/aromatic N) is 3. The lowest BCUT2D eigenvalue weighted by Gasteiger charge is -2.12. The molecule has 4 aromatic rings. The summed E-state index contributed by atoms with van der Waals surface area (Å²) in [7, 11) is -4.24. The summed E-state index contributed by atoms with van der Waals surface area (Å²) in [5.74, 6) is -0.0721. The number of sulfone groups is 1. The van der Waals surface area contributed by atoms with E-state index in [1.165, 1.54) is 53.1 Å². The van der Waals surface area contributed by atoms with Crippen molar-refractivity contribution < 1.29 is 13.2 Å². The molecule has 0 bridgehead atoms. The van der Waals surface area contributed by atoms with Gasteiger partial charge in [0.1, 0.15) is 27.9 Å². The highest BCUT2D eigenvalue weighted by atomic mass is 79.9. The van der Waals surface area contributed by atoms with E-state index in [-0.39, 0.29) is 27.1 Å². The van der Waals surface area contributed by atoms with Crippen LogP contribution in [0.15, 0.2) is 79.9 Å². The molecule has 0 spiro atoms. The molecule has 0 aliphatic heterocycles. The summed E-state index contributed by atoms with van der Waals surface area (Å²) in [5, 5.41) is 10.3. The van der Waals surface area contributed by atoms with Gasteiger partial charge in [0.15, 0.2) is 0 Å². The third kappa shape index (κ3) is 4.97. The van der Waals surface area contributed by atoms with E-state index >= 15 is 0 Å². The van der Waals surface area contributed by atoms with Crippen molar-refractivity contribution in [1.29, 1.82) is 5.26 Å². The second-order valence-electron chi connectivity index (χ2n) is 7.28. The van der Waals surface area contributed by atoms with Crippen molar-refractivity contribution in [1.82, 2.24) is 9.38 Å². The Kier molecular flexibility index (Phi) is 7.01. The van der Waals surface area contributed by atoms with Gasteiger partial charge in [-0.1, -0.05) is 45.2 Å². The first kappa shape index (κ1) is 24.9. The topological polar surface area (TPSA) is 102 Å². The van der Waals surface area contributed by atoms with Crippen LogP contribution in [0.5, 0.6) is 11.6 Å². The number of hydrogen-bond acceptors (Lipinski definition) is 6. The van der Waals surface area contributed by atoms with Crippen molar-refractivity contribution in [3.8, 4) is 17.7 Å². The fourth-order valence-corrected chi connectivity index (χ4v) is 5.05. The highest BCUT2D eigenvalue weighted by molar-refractivity contribution is 9.10. The maximum absolute atomic E-state index is 13.4. The molecule has 0 saturated heterocycles. The van der Waals surface area contributed by atoms with Gasteiger partial charge in [0.05, 0.1) is 9.92 Å². The van der Waals surface area contributed by atoms with Gasteiger partial charge in [-0.25, -0.2) is 8.42 Å². The summed E-state index contributed by atoms with van der Waals surface area (Å²) in [5.41, 5.74) is 0.105. The molecule has 176 valence electrons. The summed E-state index contributed by atoms with van der Waals surface area (Å²) in [4.78, 5) is 17.1. The van der Waals surface area contributed by atoms with E-state index in [0.29, 0.717) is 20.7 Å². The maximum Gasteiger partial charge on any atom is 0.269 e. The summed E-state index contributed by atoms with van der Waals surface area (Å²) in [6.45, 7) is 1.76. The van der Waals surface area contributed by atoms with Crippen LogP contribution in [0.3, 0.4) is 0 Å². The minimum absolute atomic E-state index is 0.110. The Balaban J connectivity index is 1.97. The van der Waals surface area contributed by atoms with Crippen LogP contribution in [0.1, 0.15) is 11.1 Å². The molecule has 11 heteroatoms. The standard InChI is InChI=1S/C24H14BrCl2N3O4S/c1-14-3-2-10-30-22(14)29-23(34-21-9-6-16(26)11-20(21)27)19(24(30)31)12-18(13-28)35(32,33)17-7-4-15(25)5-8-17/h2-12H,1H3/b18-12+. The number of aromatic nitrogens is 2. The van der Waals surface area contributed by atoms with Crippen LogP contribution in [0.2, 0.25) is 10.0 Å². The van der Waals surface area contributed by atoms with Gasteiger partial charge in [-0.15, -0.1) is 0 Å². The first-order chi connectivity index (χ1) is 16.6. The number of rotatable bonds is 5. The van der Waals surface area contributed by atoms with Gasteiger partial charge in [-0.3, -0.25) is 9.20 Å². The average molecular weight is 591 g/mol. The highest BCUT2D eigenvalue weighted by Gasteiger charge is 2.24. The predicted octanol–water partition coefficient (Wildman–Crippen LogP) is 6.20. The Labute approximate surface area is 218 Å². The molecule has 7 nitrogen and oxygen atoms in total. The average Bonchev–Trinajstić information content (AvgIpc) is 2.81. The zero-order chi connectivity index (χ0) is 25.3. The lowest BCUT2D eigenvalue weighted by Crippen LogP contribution is -2.20. The first-order valence-corrected chi connectivity index (χ1v) is 12.9. The minimum atomic E-state index is -4.24. The van der Waals surface area contributed by atoms with Crippen molar-refractivity contribution in [2.75, 3.05) is 0 Å². The van der Waals surface area contributed by atoms with Crippen molar-refractivity contribution in [3.63, 3.8) is 0 Å². The molecular formula is C24H14BrCl2N3O4S. The predicted molar refractivity (Wildman–Crippen MR) is 138 cm³/mol. The Hall–Kier alpha value is -3.16. The van der Waals surface area contributed by atoms with E-state index in [9.17, 15) is 18.5 Å². The molecule has 0 saturated carbocycles. The Morgan fingerprint density at radius 2 is 1.89 bits per heavy atom. The molecule has 0 atom stereocenters. The van der Waals surface area contributed by atoms with Crippen molar-refractivity contribution >= 4 is 60.7 Å². The SMILES string of the molecule is Cc1cccn2c(=O)c(/C=C(\C#N)S(=O)(=O)c3ccc(Br)cc3)c(Oc3ccc(Cl)cc3Cl)nc12. The number of nitriles is 1. The Morgan fingerprint density at radius 1 is 1.17 bits per heavy atom. The molecule has 2 heterocycles. The largest absolute Gasteiger partial charge is 0.437 e. The summed E-state index contributed by atoms with van der Waals surface area (Å²) in [6.07, 6.45) is 2.45. The van der Waals surface area contributed by atoms with Gasteiger partial charge in [0.2, 0.25) is 15.7 Å². The number of fused-ring (bicyclic) bond motifs is 1. The molecule has 4 rings (SSSR count). The van der Waals surface area contributed by atoms with Crippen LogP contribution >= 0.6 is 39.1 Å². The van der Waals surface area contributed by atoms with Crippen molar-refractivity contribution in [3.05, 3.63) is 102 Å². The van der Waals surface area contributed by atoms with E-state index < -0.39 is 20.3 Å². The normalized spacial score (nSPS) is 11.9. The molecular weight excluding hydrogens is 577 g/mol. The van der Waals surface area contributed by atoms with Gasteiger partial charge in [-0.2, -0.15) is 10.2 Å². The number of halogens is 3. The van der Waals surface area contributed by atoms with E-state index in [4.69, 9.17) is 27.9 Å². The van der Waals surface area contributed by atoms with E-state index in [2.05, 4.69) is 20.9 Å². The summed E-state index contributed by atoms with van der Waals surface area (Å²) in [6, 6.07) is 15.4. The highest BCUT2D eigenvalue weighted by Crippen LogP contribution is 2.33. The minimum Gasteiger partial charge on any atom is -0.437 e. The van der Waals surface area contributed by atoms with E-state index in [1.807, 2.05) is 0 Å². The van der Waals surface area contributed by atoms with Gasteiger partial charge in [0.25, 0.3) is 5.56 Å². The summed E-state index contributed by atoms with van der Waals surface area (Å²) < 4.78 is 34.1. The van der Waals surface area contributed by atoms with Gasteiger partial charge < -0.3 is 4.74 Å². The van der Waals surface area contributed by atoms with Crippen molar-refractivity contribution in [2.24, 2.45) is 0 Å². The molecule has 35 heavy (non-hydrogen) atoms. The molecule has 0 fully saturated rings. The number of allylic oxidation sites excluding steroid dienone is 1. The Bertz CT molecular complexity index is 1710. The van der Waals surface area contributed by atoms with Crippen LogP contribution in [0.25, 0.3) is 11.7 Å². The van der Waals surface area contributed by atoms with Gasteiger partial charge in [-0.05, 0) is 67.1 Å². The smallest absolute Gasteiger partial charge is 0.269 e. The molecule has 2 aromatic carbocycles. The maximum atomic E-state index is 13.4. The van der Waals surface area contributed by atoms with Gasteiger partial charge >= 0.3 is 0 Å². The number of ether oxygens (including phenoxy) is 1. The number of benzene rings is 2. The molecule has 2 aromatic heterocycles. The first-order valence-electron chi connectivity index (χ1n) is 9.89. The number of aryl methyl sites for hydroxylation is 1. The molecule has 0 amide bonds. The summed E-state index contributed by atoms with van der Waals surface area (Å²) >= 11 is 15.4. The monoisotopic (exact) mass is 589 g/mol. The second-order valence-corrected chi connectivity index (χ2v) is 11.0. The fraction of sp³-hybridized carbons (Fsp3) is 0.0417. The van der Waals surface area contributed by atoms with Crippen LogP contribution in [-0.2, 0) is 9.84 Å². The van der Waals surface area contributed by atoms with Crippen LogP contribution in [0.4, 0.5) is 0 Å². The molecule has 0 aliphatic carbocycles. The Morgan fingerprint density at radius 3 is 2.54 bits per heavy atom. The zero-order valence-electron chi connectivity index (χ0n) is 17.9. The third-order valence-corrected chi connectivity index (χ3v) is 7.69. The van der Waals surface area contributed by atoms with E-state index in [0.717, 1.165) is 6.08 Å². The molecule has 0 radical (unpaired) electrons. The van der Waals surface area contributed by atoms with Crippen LogP contribution in [-0.4, -0.2) is 17.8 Å². The molecule has 0 unspecified atom stereocenters. The second kappa shape index (κ2) is 9.84. The quantitative estimate of drug-likeness (QED) is 0.256. The number of pyridine rings is 1. The lowest BCUT2D eigenvalue weighted by atomic mass is 10.2.